The van der Waals surface area contributed by atoms with Crippen molar-refractivity contribution in [2.45, 2.75) is 35.4 Å². The van der Waals surface area contributed by atoms with Gasteiger partial charge in [0.05, 0.1) is 0 Å². The van der Waals surface area contributed by atoms with E-state index in [4.69, 9.17) is 0 Å². The largest absolute Gasteiger partial charge is 0.366 e. The number of H-pyrrole nitrogens is 1. The van der Waals surface area contributed by atoms with Crippen LogP contribution in [0.5, 0.6) is 0 Å². The molecule has 100 valence electrons. The number of rotatable bonds is 4. The predicted molar refractivity (Wildman–Crippen MR) is 72.3 cm³/mol. The summed E-state index contributed by atoms with van der Waals surface area (Å²) in [7, 11) is -3.72. The predicted octanol–water partition coefficient (Wildman–Crippen LogP) is 0.937. The van der Waals surface area contributed by atoms with Gasteiger partial charge in [-0.25, -0.2) is 13.1 Å². The van der Waals surface area contributed by atoms with Gasteiger partial charge in [0.15, 0.2) is 0 Å². The second kappa shape index (κ2) is 5.46. The van der Waals surface area contributed by atoms with E-state index in [0.717, 1.165) is 19.3 Å². The van der Waals surface area contributed by atoms with Crippen LogP contribution in [0.15, 0.2) is 28.2 Å². The fraction of sp³-hybridized carbons (Fsp3) is 0.545. The Kier molecular flexibility index (Phi) is 4.14. The SMILES string of the molecule is CSC1CCCC1NS(=O)(=O)c1c[nH]ccc1=O. The first-order valence-corrected chi connectivity index (χ1v) is 8.54. The number of sulfonamides is 1. The molecule has 0 aromatic carbocycles. The average Bonchev–Trinajstić information content (AvgIpc) is 2.76. The molecule has 1 fully saturated rings. The minimum atomic E-state index is -3.72. The summed E-state index contributed by atoms with van der Waals surface area (Å²) in [5, 5.41) is 0.294. The van der Waals surface area contributed by atoms with Crippen molar-refractivity contribution in [2.24, 2.45) is 0 Å². The van der Waals surface area contributed by atoms with E-state index in [2.05, 4.69) is 9.71 Å². The molecule has 1 aromatic heterocycles. The summed E-state index contributed by atoms with van der Waals surface area (Å²) in [6.45, 7) is 0. The van der Waals surface area contributed by atoms with Crippen LogP contribution in [0.4, 0.5) is 0 Å². The summed E-state index contributed by atoms with van der Waals surface area (Å²) in [6, 6.07) is 1.14. The lowest BCUT2D eigenvalue weighted by atomic mass is 10.3. The van der Waals surface area contributed by atoms with E-state index in [1.54, 1.807) is 11.8 Å². The molecule has 1 aromatic rings. The van der Waals surface area contributed by atoms with Crippen LogP contribution in [0.2, 0.25) is 0 Å². The van der Waals surface area contributed by atoms with Gasteiger partial charge in [0, 0.05) is 29.8 Å². The third-order valence-corrected chi connectivity index (χ3v) is 5.82. The van der Waals surface area contributed by atoms with Gasteiger partial charge in [-0.1, -0.05) is 6.42 Å². The van der Waals surface area contributed by atoms with Crippen LogP contribution in [0.3, 0.4) is 0 Å². The molecular formula is C11H16N2O3S2. The number of aromatic amines is 1. The number of thioether (sulfide) groups is 1. The Hall–Kier alpha value is -0.790. The van der Waals surface area contributed by atoms with Crippen molar-refractivity contribution in [3.63, 3.8) is 0 Å². The Balaban J connectivity index is 2.23. The summed E-state index contributed by atoms with van der Waals surface area (Å²) in [5.74, 6) is 0. The zero-order valence-corrected chi connectivity index (χ0v) is 11.7. The molecule has 2 rings (SSSR count). The number of pyridine rings is 1. The Morgan fingerprint density at radius 3 is 2.89 bits per heavy atom. The third-order valence-electron chi connectivity index (χ3n) is 3.14. The van der Waals surface area contributed by atoms with Gasteiger partial charge >= 0.3 is 0 Å². The molecule has 18 heavy (non-hydrogen) atoms. The first-order valence-electron chi connectivity index (χ1n) is 5.77. The highest BCUT2D eigenvalue weighted by Gasteiger charge is 2.31. The molecular weight excluding hydrogens is 272 g/mol. The molecule has 2 atom stereocenters. The van der Waals surface area contributed by atoms with Gasteiger partial charge in [0.25, 0.3) is 0 Å². The summed E-state index contributed by atoms with van der Waals surface area (Å²) < 4.78 is 26.9. The van der Waals surface area contributed by atoms with Crippen LogP contribution in [0.25, 0.3) is 0 Å². The van der Waals surface area contributed by atoms with Gasteiger partial charge in [0.1, 0.15) is 4.90 Å². The van der Waals surface area contributed by atoms with Crippen molar-refractivity contribution in [3.05, 3.63) is 28.7 Å². The lowest BCUT2D eigenvalue weighted by Crippen LogP contribution is -2.40. The minimum Gasteiger partial charge on any atom is -0.366 e. The summed E-state index contributed by atoms with van der Waals surface area (Å²) >= 11 is 1.67. The highest BCUT2D eigenvalue weighted by Crippen LogP contribution is 2.29. The van der Waals surface area contributed by atoms with E-state index in [1.807, 2.05) is 6.26 Å². The lowest BCUT2D eigenvalue weighted by molar-refractivity contribution is 0.554. The second-order valence-corrected chi connectivity index (χ2v) is 7.06. The van der Waals surface area contributed by atoms with Crippen LogP contribution in [0, 0.1) is 0 Å². The van der Waals surface area contributed by atoms with Gasteiger partial charge in [-0.3, -0.25) is 4.79 Å². The zero-order valence-electron chi connectivity index (χ0n) is 10.0. The zero-order chi connectivity index (χ0) is 13.2. The molecule has 2 N–H and O–H groups in total. The summed E-state index contributed by atoms with van der Waals surface area (Å²) in [4.78, 5) is 14.0. The Bertz CT molecular complexity index is 568. The van der Waals surface area contributed by atoms with Gasteiger partial charge in [-0.15, -0.1) is 0 Å². The van der Waals surface area contributed by atoms with Crippen molar-refractivity contribution < 1.29 is 8.42 Å². The fourth-order valence-corrected chi connectivity index (χ4v) is 4.60. The Morgan fingerprint density at radius 1 is 1.44 bits per heavy atom. The van der Waals surface area contributed by atoms with E-state index in [9.17, 15) is 13.2 Å². The molecule has 0 saturated heterocycles. The summed E-state index contributed by atoms with van der Waals surface area (Å²) in [6.07, 6.45) is 7.49. The van der Waals surface area contributed by atoms with Crippen LogP contribution >= 0.6 is 11.8 Å². The quantitative estimate of drug-likeness (QED) is 0.864. The first kappa shape index (κ1) is 13.6. The maximum Gasteiger partial charge on any atom is 0.246 e. The smallest absolute Gasteiger partial charge is 0.246 e. The van der Waals surface area contributed by atoms with Gasteiger partial charge in [0.2, 0.25) is 15.5 Å². The molecule has 7 heteroatoms. The number of nitrogens with one attached hydrogen (secondary N) is 2. The molecule has 0 aliphatic heterocycles. The van der Waals surface area contributed by atoms with Crippen LogP contribution in [0.1, 0.15) is 19.3 Å². The highest BCUT2D eigenvalue weighted by molar-refractivity contribution is 7.99. The standard InChI is InChI=1S/C11H16N2O3S2/c1-17-10-4-2-3-8(10)13-18(15,16)11-7-12-6-5-9(11)14/h5-8,10,13H,2-4H2,1H3,(H,12,14). The third kappa shape index (κ3) is 2.78. The maximum absolute atomic E-state index is 12.1. The normalized spacial score (nSPS) is 24.3. The molecule has 1 heterocycles. The Morgan fingerprint density at radius 2 is 2.22 bits per heavy atom. The molecule has 1 aliphatic rings. The van der Waals surface area contributed by atoms with Gasteiger partial charge in [-0.2, -0.15) is 11.8 Å². The summed E-state index contributed by atoms with van der Waals surface area (Å²) in [5.41, 5.74) is -0.486. The van der Waals surface area contributed by atoms with Crippen LogP contribution < -0.4 is 10.2 Å². The molecule has 1 aliphatic carbocycles. The van der Waals surface area contributed by atoms with Crippen LogP contribution in [-0.4, -0.2) is 30.9 Å². The number of aromatic nitrogens is 1. The van der Waals surface area contributed by atoms with Crippen molar-refractivity contribution in [2.75, 3.05) is 6.26 Å². The number of hydrogen-bond acceptors (Lipinski definition) is 4. The van der Waals surface area contributed by atoms with E-state index < -0.39 is 15.5 Å². The van der Waals surface area contributed by atoms with E-state index in [0.29, 0.717) is 5.25 Å². The van der Waals surface area contributed by atoms with E-state index in [1.165, 1.54) is 18.5 Å². The molecule has 0 radical (unpaired) electrons. The van der Waals surface area contributed by atoms with Crippen LogP contribution in [-0.2, 0) is 10.0 Å². The average molecular weight is 288 g/mol. The topological polar surface area (TPSA) is 79.0 Å². The molecule has 0 amide bonds. The molecule has 0 bridgehead atoms. The second-order valence-electron chi connectivity index (χ2n) is 4.31. The maximum atomic E-state index is 12.1. The van der Waals surface area contributed by atoms with Crippen molar-refractivity contribution >= 4 is 21.8 Å². The molecule has 5 nitrogen and oxygen atoms in total. The van der Waals surface area contributed by atoms with Crippen molar-refractivity contribution in [3.8, 4) is 0 Å². The lowest BCUT2D eigenvalue weighted by Gasteiger charge is -2.18. The minimum absolute atomic E-state index is 0.0791. The molecule has 1 saturated carbocycles. The highest BCUT2D eigenvalue weighted by atomic mass is 32.2. The van der Waals surface area contributed by atoms with E-state index in [-0.39, 0.29) is 10.9 Å². The van der Waals surface area contributed by atoms with Gasteiger partial charge < -0.3 is 4.98 Å². The van der Waals surface area contributed by atoms with Crippen molar-refractivity contribution in [1.82, 2.24) is 9.71 Å². The fourth-order valence-electron chi connectivity index (χ4n) is 2.22. The monoisotopic (exact) mass is 288 g/mol. The molecule has 0 spiro atoms. The first-order chi connectivity index (χ1) is 8.54. The van der Waals surface area contributed by atoms with E-state index >= 15 is 0 Å². The molecule has 2 unspecified atom stereocenters. The van der Waals surface area contributed by atoms with Gasteiger partial charge in [-0.05, 0) is 19.1 Å². The Labute approximate surface area is 110 Å². The number of hydrogen-bond donors (Lipinski definition) is 2. The van der Waals surface area contributed by atoms with Crippen molar-refractivity contribution in [1.29, 1.82) is 0 Å².